The third kappa shape index (κ3) is 3.69. The van der Waals surface area contributed by atoms with Gasteiger partial charge in [-0.2, -0.15) is 0 Å². The molecule has 8 atom stereocenters. The largest absolute Gasteiger partial charge is 0.481 e. The Labute approximate surface area is 171 Å². The molecule has 29 heavy (non-hydrogen) atoms. The van der Waals surface area contributed by atoms with E-state index in [1.165, 1.54) is 0 Å². The van der Waals surface area contributed by atoms with Crippen LogP contribution in [0.3, 0.4) is 0 Å². The van der Waals surface area contributed by atoms with E-state index in [4.69, 9.17) is 29.1 Å². The van der Waals surface area contributed by atoms with Crippen LogP contribution in [-0.2, 0) is 33.6 Å². The van der Waals surface area contributed by atoms with Crippen LogP contribution in [0.4, 0.5) is 0 Å². The molecule has 8 heteroatoms. The van der Waals surface area contributed by atoms with Crippen molar-refractivity contribution < 1.29 is 38.7 Å². The Morgan fingerprint density at radius 3 is 2.66 bits per heavy atom. The molecule has 1 saturated carbocycles. The summed E-state index contributed by atoms with van der Waals surface area (Å²) in [6.07, 6.45) is 3.53. The van der Waals surface area contributed by atoms with Crippen LogP contribution in [0.15, 0.2) is 0 Å². The average Bonchev–Trinajstić information content (AvgIpc) is 2.90. The van der Waals surface area contributed by atoms with Crippen LogP contribution in [-0.4, -0.2) is 47.4 Å². The van der Waals surface area contributed by atoms with E-state index in [0.717, 1.165) is 25.7 Å². The molecule has 1 spiro atoms. The molecule has 4 saturated heterocycles. The van der Waals surface area contributed by atoms with Crippen molar-refractivity contribution in [2.45, 2.75) is 89.5 Å². The summed E-state index contributed by atoms with van der Waals surface area (Å²) in [5, 5.41) is 8.67. The summed E-state index contributed by atoms with van der Waals surface area (Å²) in [4.78, 5) is 34.2. The first-order valence-electron chi connectivity index (χ1n) is 10.8. The Hall–Kier alpha value is -1.22. The lowest BCUT2D eigenvalue weighted by Gasteiger charge is -2.60. The quantitative estimate of drug-likeness (QED) is 0.525. The molecule has 2 unspecified atom stereocenters. The molecule has 1 N–H and O–H groups in total. The second kappa shape index (κ2) is 7.80. The lowest BCUT2D eigenvalue weighted by atomic mass is 9.57. The van der Waals surface area contributed by atoms with E-state index in [1.807, 2.05) is 6.92 Å². The van der Waals surface area contributed by atoms with Gasteiger partial charge in [0.05, 0.1) is 25.6 Å². The van der Waals surface area contributed by atoms with Crippen LogP contribution in [0.2, 0.25) is 0 Å². The van der Waals surface area contributed by atoms with E-state index in [9.17, 15) is 9.59 Å². The van der Waals surface area contributed by atoms with Crippen LogP contribution >= 0.6 is 0 Å². The Kier molecular flexibility index (Phi) is 5.65. The van der Waals surface area contributed by atoms with E-state index in [1.54, 1.807) is 0 Å². The van der Waals surface area contributed by atoms with Gasteiger partial charge in [-0.15, -0.1) is 0 Å². The summed E-state index contributed by atoms with van der Waals surface area (Å²) < 4.78 is 18.0. The summed E-state index contributed by atoms with van der Waals surface area (Å²) in [5.41, 5.74) is -0.582. The summed E-state index contributed by atoms with van der Waals surface area (Å²) >= 11 is 0. The van der Waals surface area contributed by atoms with E-state index >= 15 is 0 Å². The van der Waals surface area contributed by atoms with Gasteiger partial charge in [-0.05, 0) is 43.9 Å². The summed E-state index contributed by atoms with van der Waals surface area (Å²) in [6, 6.07) is 0. The van der Waals surface area contributed by atoms with Crippen molar-refractivity contribution in [3.63, 3.8) is 0 Å². The Morgan fingerprint density at radius 2 is 1.90 bits per heavy atom. The van der Waals surface area contributed by atoms with Crippen LogP contribution in [0.1, 0.15) is 65.7 Å². The standard InChI is InChI=1S/C21H32O8/c1-12-4-5-15-13(2)16(9-11-25-18(24)7-6-17(22)23)26-19-21(15)14(12)8-10-20(3,27-19)28-29-21/h12-16,19H,4-11H2,1-3H3,(H,22,23)/t12-,13-,14?,15?,16-,19-,20+,21-/m1/s1. The molecular formula is C21H32O8. The minimum Gasteiger partial charge on any atom is -0.481 e. The molecular weight excluding hydrogens is 380 g/mol. The van der Waals surface area contributed by atoms with Crippen LogP contribution in [0, 0.1) is 23.7 Å². The smallest absolute Gasteiger partial charge is 0.306 e. The van der Waals surface area contributed by atoms with Gasteiger partial charge in [0.25, 0.3) is 0 Å². The summed E-state index contributed by atoms with van der Waals surface area (Å²) in [7, 11) is 0. The number of carboxylic acids is 1. The maximum Gasteiger partial charge on any atom is 0.306 e. The molecule has 2 bridgehead atoms. The highest BCUT2D eigenvalue weighted by atomic mass is 17.3. The molecule has 0 amide bonds. The van der Waals surface area contributed by atoms with Crippen molar-refractivity contribution in [1.29, 1.82) is 0 Å². The lowest BCUT2D eigenvalue weighted by molar-refractivity contribution is -0.571. The SMILES string of the molecule is C[C@@H]1CCC2[C@@H](C)[C@@H](CCOC(=O)CCC(=O)O)O[C@@H]3O[C@]4(C)CCC1[C@@]23OO4. The van der Waals surface area contributed by atoms with E-state index in [-0.39, 0.29) is 37.4 Å². The van der Waals surface area contributed by atoms with Crippen molar-refractivity contribution in [3.05, 3.63) is 0 Å². The van der Waals surface area contributed by atoms with Gasteiger partial charge in [0.15, 0.2) is 11.9 Å². The second-order valence-electron chi connectivity index (χ2n) is 9.35. The molecule has 1 aliphatic carbocycles. The number of carbonyl (C=O) groups excluding carboxylic acids is 1. The number of carboxylic acid groups (broad SMARTS) is 1. The zero-order valence-corrected chi connectivity index (χ0v) is 17.4. The first-order valence-corrected chi connectivity index (χ1v) is 10.8. The zero-order chi connectivity index (χ0) is 20.8. The van der Waals surface area contributed by atoms with Gasteiger partial charge in [0, 0.05) is 18.8 Å². The molecule has 5 aliphatic rings. The molecule has 5 fully saturated rings. The number of rotatable bonds is 6. The third-order valence-electron chi connectivity index (χ3n) is 7.50. The molecule has 8 nitrogen and oxygen atoms in total. The normalized spacial score (nSPS) is 45.9. The minimum atomic E-state index is -1.01. The number of esters is 1. The van der Waals surface area contributed by atoms with Crippen LogP contribution in [0.25, 0.3) is 0 Å². The van der Waals surface area contributed by atoms with Gasteiger partial charge in [-0.1, -0.05) is 13.8 Å². The van der Waals surface area contributed by atoms with Gasteiger partial charge in [-0.3, -0.25) is 9.59 Å². The topological polar surface area (TPSA) is 101 Å². The number of carbonyl (C=O) groups is 2. The van der Waals surface area contributed by atoms with E-state index in [0.29, 0.717) is 18.3 Å². The molecule has 0 radical (unpaired) electrons. The Balaban J connectivity index is 1.45. The summed E-state index contributed by atoms with van der Waals surface area (Å²) in [5.74, 6) is -1.00. The van der Waals surface area contributed by atoms with Crippen molar-refractivity contribution in [2.24, 2.45) is 23.7 Å². The number of hydrogen-bond donors (Lipinski definition) is 1. The maximum absolute atomic E-state index is 11.7. The molecule has 164 valence electrons. The van der Waals surface area contributed by atoms with Gasteiger partial charge in [0.2, 0.25) is 5.79 Å². The maximum atomic E-state index is 11.7. The number of fused-ring (bicyclic) bond motifs is 2. The van der Waals surface area contributed by atoms with Gasteiger partial charge < -0.3 is 19.3 Å². The highest BCUT2D eigenvalue weighted by molar-refractivity contribution is 5.76. The predicted molar refractivity (Wildman–Crippen MR) is 99.3 cm³/mol. The number of hydrogen-bond acceptors (Lipinski definition) is 7. The lowest BCUT2D eigenvalue weighted by Crippen LogP contribution is -2.70. The molecule has 4 heterocycles. The predicted octanol–water partition coefficient (Wildman–Crippen LogP) is 3.04. The van der Waals surface area contributed by atoms with Crippen molar-refractivity contribution in [1.82, 2.24) is 0 Å². The second-order valence-corrected chi connectivity index (χ2v) is 9.35. The van der Waals surface area contributed by atoms with E-state index in [2.05, 4.69) is 13.8 Å². The average molecular weight is 412 g/mol. The summed E-state index contributed by atoms with van der Waals surface area (Å²) in [6.45, 7) is 6.55. The van der Waals surface area contributed by atoms with Crippen molar-refractivity contribution >= 4 is 11.9 Å². The fraction of sp³-hybridized carbons (Fsp3) is 0.905. The zero-order valence-electron chi connectivity index (χ0n) is 17.4. The molecule has 0 aromatic rings. The third-order valence-corrected chi connectivity index (χ3v) is 7.50. The van der Waals surface area contributed by atoms with Crippen LogP contribution < -0.4 is 0 Å². The molecule has 0 aromatic heterocycles. The van der Waals surface area contributed by atoms with Crippen LogP contribution in [0.5, 0.6) is 0 Å². The Bertz CT molecular complexity index is 653. The first kappa shape index (κ1) is 21.0. The van der Waals surface area contributed by atoms with Crippen molar-refractivity contribution in [2.75, 3.05) is 6.61 Å². The highest BCUT2D eigenvalue weighted by Gasteiger charge is 2.69. The number of ether oxygens (including phenoxy) is 3. The minimum absolute atomic E-state index is 0.114. The van der Waals surface area contributed by atoms with Crippen molar-refractivity contribution in [3.8, 4) is 0 Å². The van der Waals surface area contributed by atoms with E-state index < -0.39 is 29.6 Å². The fourth-order valence-corrected chi connectivity index (χ4v) is 5.88. The first-order chi connectivity index (χ1) is 13.7. The molecule has 4 aliphatic heterocycles. The number of aliphatic carboxylic acids is 1. The van der Waals surface area contributed by atoms with Gasteiger partial charge in [-0.25, -0.2) is 9.78 Å². The highest BCUT2D eigenvalue weighted by Crippen LogP contribution is 2.60. The molecule has 5 rings (SSSR count). The fourth-order valence-electron chi connectivity index (χ4n) is 5.88. The Morgan fingerprint density at radius 1 is 1.10 bits per heavy atom. The monoisotopic (exact) mass is 412 g/mol. The van der Waals surface area contributed by atoms with Gasteiger partial charge in [0.1, 0.15) is 0 Å². The molecule has 0 aromatic carbocycles. The van der Waals surface area contributed by atoms with Gasteiger partial charge >= 0.3 is 11.9 Å².